The van der Waals surface area contributed by atoms with Crippen molar-refractivity contribution >= 4 is 5.82 Å². The Morgan fingerprint density at radius 3 is 2.48 bits per heavy atom. The number of aryl methyl sites for hydroxylation is 2. The summed E-state index contributed by atoms with van der Waals surface area (Å²) in [6.07, 6.45) is 5.73. The molecule has 0 saturated carbocycles. The molecule has 2 aromatic heterocycles. The molecule has 122 valence electrons. The summed E-state index contributed by atoms with van der Waals surface area (Å²) in [4.78, 5) is 13.7. The Balaban J connectivity index is 1.31. The zero-order valence-electron chi connectivity index (χ0n) is 13.9. The molecular weight excluding hydrogens is 288 g/mol. The smallest absolute Gasteiger partial charge is 0.132 e. The highest BCUT2D eigenvalue weighted by atomic mass is 15.3. The topological polar surface area (TPSA) is 50.1 Å². The summed E-state index contributed by atoms with van der Waals surface area (Å²) < 4.78 is 2.05. The molecule has 0 aliphatic carbocycles. The molecule has 2 fully saturated rings. The lowest BCUT2D eigenvalue weighted by molar-refractivity contribution is 0.296. The average molecular weight is 312 g/mol. The number of hydrogen-bond donors (Lipinski definition) is 0. The van der Waals surface area contributed by atoms with Crippen LogP contribution in [-0.2, 0) is 6.54 Å². The number of likely N-dealkylation sites (tertiary alicyclic amines) is 1. The van der Waals surface area contributed by atoms with E-state index in [1.54, 1.807) is 6.33 Å². The van der Waals surface area contributed by atoms with E-state index in [9.17, 15) is 0 Å². The van der Waals surface area contributed by atoms with Crippen molar-refractivity contribution in [2.45, 2.75) is 20.4 Å². The summed E-state index contributed by atoms with van der Waals surface area (Å²) in [5, 5.41) is 4.38. The van der Waals surface area contributed by atoms with Crippen LogP contribution in [0.4, 0.5) is 5.82 Å². The minimum absolute atomic E-state index is 0.768. The van der Waals surface area contributed by atoms with E-state index in [2.05, 4.69) is 48.7 Å². The van der Waals surface area contributed by atoms with Crippen molar-refractivity contribution < 1.29 is 0 Å². The molecule has 6 heteroatoms. The van der Waals surface area contributed by atoms with Crippen LogP contribution in [0.3, 0.4) is 0 Å². The van der Waals surface area contributed by atoms with Gasteiger partial charge in [-0.1, -0.05) is 0 Å². The molecule has 4 heterocycles. The third-order valence-electron chi connectivity index (χ3n) is 5.08. The molecule has 0 aromatic carbocycles. The molecule has 6 nitrogen and oxygen atoms in total. The normalized spacial score (nSPS) is 24.3. The highest BCUT2D eigenvalue weighted by molar-refractivity contribution is 5.40. The average Bonchev–Trinajstić information content (AvgIpc) is 3.19. The molecule has 2 aromatic rings. The van der Waals surface area contributed by atoms with Gasteiger partial charge in [0.05, 0.1) is 12.7 Å². The van der Waals surface area contributed by atoms with Crippen LogP contribution < -0.4 is 4.90 Å². The van der Waals surface area contributed by atoms with Gasteiger partial charge in [0.1, 0.15) is 12.1 Å². The van der Waals surface area contributed by atoms with Crippen LogP contribution in [0.25, 0.3) is 0 Å². The maximum atomic E-state index is 4.44. The molecule has 2 aliphatic heterocycles. The molecule has 0 bridgehead atoms. The number of hydrogen-bond acceptors (Lipinski definition) is 5. The molecule has 0 radical (unpaired) electrons. The summed E-state index contributed by atoms with van der Waals surface area (Å²) in [5.41, 5.74) is 2.28. The van der Waals surface area contributed by atoms with Gasteiger partial charge in [-0.2, -0.15) is 5.10 Å². The Hall–Kier alpha value is -1.95. The van der Waals surface area contributed by atoms with E-state index in [4.69, 9.17) is 0 Å². The van der Waals surface area contributed by atoms with Gasteiger partial charge in [-0.25, -0.2) is 9.97 Å². The molecular formula is C17H24N6. The van der Waals surface area contributed by atoms with Crippen LogP contribution >= 0.6 is 0 Å². The van der Waals surface area contributed by atoms with E-state index in [1.165, 1.54) is 18.7 Å². The van der Waals surface area contributed by atoms with Gasteiger partial charge in [0, 0.05) is 50.7 Å². The van der Waals surface area contributed by atoms with E-state index in [-0.39, 0.29) is 0 Å². The van der Waals surface area contributed by atoms with E-state index in [0.29, 0.717) is 0 Å². The van der Waals surface area contributed by atoms with E-state index < -0.39 is 0 Å². The molecule has 0 N–H and O–H groups in total. The second-order valence-corrected chi connectivity index (χ2v) is 6.98. The summed E-state index contributed by atoms with van der Waals surface area (Å²) in [7, 11) is 0. The van der Waals surface area contributed by atoms with Crippen LogP contribution in [0.1, 0.15) is 11.3 Å². The van der Waals surface area contributed by atoms with Crippen molar-refractivity contribution in [3.05, 3.63) is 36.0 Å². The Labute approximate surface area is 137 Å². The van der Waals surface area contributed by atoms with Gasteiger partial charge in [0.15, 0.2) is 0 Å². The van der Waals surface area contributed by atoms with Crippen molar-refractivity contribution in [3.63, 3.8) is 0 Å². The SMILES string of the molecule is Cc1cnn(CCN2CC3CN(c4cc(C)ncn4)CC3C2)c1. The molecule has 2 aliphatic rings. The number of aromatic nitrogens is 4. The molecule has 23 heavy (non-hydrogen) atoms. The lowest BCUT2D eigenvalue weighted by Crippen LogP contribution is -2.31. The van der Waals surface area contributed by atoms with Crippen molar-refractivity contribution in [1.82, 2.24) is 24.6 Å². The quantitative estimate of drug-likeness (QED) is 0.853. The minimum atomic E-state index is 0.768. The van der Waals surface area contributed by atoms with Gasteiger partial charge >= 0.3 is 0 Å². The fourth-order valence-electron chi connectivity index (χ4n) is 3.91. The first-order valence-electron chi connectivity index (χ1n) is 8.42. The van der Waals surface area contributed by atoms with Gasteiger partial charge in [-0.15, -0.1) is 0 Å². The summed E-state index contributed by atoms with van der Waals surface area (Å²) in [6, 6.07) is 2.10. The zero-order chi connectivity index (χ0) is 15.8. The summed E-state index contributed by atoms with van der Waals surface area (Å²) >= 11 is 0. The van der Waals surface area contributed by atoms with Gasteiger partial charge in [-0.05, 0) is 31.2 Å². The van der Waals surface area contributed by atoms with Crippen molar-refractivity contribution in [2.24, 2.45) is 11.8 Å². The Bertz CT molecular complexity index is 667. The highest BCUT2D eigenvalue weighted by Crippen LogP contribution is 2.33. The summed E-state index contributed by atoms with van der Waals surface area (Å²) in [6.45, 7) is 10.9. The molecule has 2 saturated heterocycles. The fourth-order valence-corrected chi connectivity index (χ4v) is 3.91. The Morgan fingerprint density at radius 2 is 1.83 bits per heavy atom. The standard InChI is InChI=1S/C17H24N6/c1-13-6-20-23(7-13)4-3-21-8-15-10-22(11-16(15)9-21)17-5-14(2)18-12-19-17/h5-7,12,15-16H,3-4,8-11H2,1-2H3. The van der Waals surface area contributed by atoms with E-state index in [1.807, 2.05) is 13.1 Å². The number of rotatable bonds is 4. The number of fused-ring (bicyclic) bond motifs is 1. The first-order valence-corrected chi connectivity index (χ1v) is 8.42. The molecule has 0 spiro atoms. The first kappa shape index (κ1) is 14.6. The monoisotopic (exact) mass is 312 g/mol. The third-order valence-corrected chi connectivity index (χ3v) is 5.08. The van der Waals surface area contributed by atoms with Crippen molar-refractivity contribution in [1.29, 1.82) is 0 Å². The first-order chi connectivity index (χ1) is 11.2. The zero-order valence-corrected chi connectivity index (χ0v) is 13.9. The van der Waals surface area contributed by atoms with Gasteiger partial charge in [-0.3, -0.25) is 4.68 Å². The van der Waals surface area contributed by atoms with E-state index in [0.717, 1.165) is 49.5 Å². The largest absolute Gasteiger partial charge is 0.356 e. The number of anilines is 1. The van der Waals surface area contributed by atoms with Crippen molar-refractivity contribution in [3.8, 4) is 0 Å². The molecule has 4 rings (SSSR count). The van der Waals surface area contributed by atoms with Crippen LogP contribution in [0.5, 0.6) is 0 Å². The highest BCUT2D eigenvalue weighted by Gasteiger charge is 2.40. The Kier molecular flexibility index (Phi) is 3.77. The van der Waals surface area contributed by atoms with Gasteiger partial charge in [0.2, 0.25) is 0 Å². The van der Waals surface area contributed by atoms with Crippen LogP contribution in [-0.4, -0.2) is 57.4 Å². The third kappa shape index (κ3) is 3.08. The maximum absolute atomic E-state index is 4.44. The number of nitrogens with zero attached hydrogens (tertiary/aromatic N) is 6. The molecule has 0 amide bonds. The molecule has 2 atom stereocenters. The van der Waals surface area contributed by atoms with Crippen LogP contribution in [0.2, 0.25) is 0 Å². The predicted molar refractivity (Wildman–Crippen MR) is 89.4 cm³/mol. The summed E-state index contributed by atoms with van der Waals surface area (Å²) in [5.74, 6) is 2.62. The Morgan fingerprint density at radius 1 is 1.04 bits per heavy atom. The fraction of sp³-hybridized carbons (Fsp3) is 0.588. The van der Waals surface area contributed by atoms with Gasteiger partial charge in [0.25, 0.3) is 0 Å². The maximum Gasteiger partial charge on any atom is 0.132 e. The minimum Gasteiger partial charge on any atom is -0.356 e. The molecule has 2 unspecified atom stereocenters. The second kappa shape index (κ2) is 5.92. The van der Waals surface area contributed by atoms with E-state index >= 15 is 0 Å². The predicted octanol–water partition coefficient (Wildman–Crippen LogP) is 1.36. The van der Waals surface area contributed by atoms with Gasteiger partial charge < -0.3 is 9.80 Å². The lowest BCUT2D eigenvalue weighted by atomic mass is 10.0. The van der Waals surface area contributed by atoms with Crippen LogP contribution in [0, 0.1) is 25.7 Å². The second-order valence-electron chi connectivity index (χ2n) is 6.98. The van der Waals surface area contributed by atoms with Crippen molar-refractivity contribution in [2.75, 3.05) is 37.6 Å². The lowest BCUT2D eigenvalue weighted by Gasteiger charge is -2.22. The van der Waals surface area contributed by atoms with Crippen LogP contribution in [0.15, 0.2) is 24.8 Å².